The minimum absolute atomic E-state index is 0.0231. The number of nitrogens with zero attached hydrogens (tertiary/aromatic N) is 1. The van der Waals surface area contributed by atoms with Crippen molar-refractivity contribution in [3.05, 3.63) is 0 Å². The van der Waals surface area contributed by atoms with Crippen molar-refractivity contribution in [3.8, 4) is 0 Å². The van der Waals surface area contributed by atoms with E-state index in [9.17, 15) is 13.2 Å². The van der Waals surface area contributed by atoms with Crippen molar-refractivity contribution in [1.29, 1.82) is 0 Å². The number of piperidine rings is 1. The fraction of sp³-hybridized carbons (Fsp3) is 0.923. The zero-order valence-electron chi connectivity index (χ0n) is 12.2. The summed E-state index contributed by atoms with van der Waals surface area (Å²) in [4.78, 5) is 13.8. The smallest absolute Gasteiger partial charge is 0.223 e. The van der Waals surface area contributed by atoms with Crippen molar-refractivity contribution in [3.63, 3.8) is 0 Å². The van der Waals surface area contributed by atoms with E-state index in [0.29, 0.717) is 12.6 Å². The molecule has 1 amide bonds. The highest BCUT2D eigenvalue weighted by Gasteiger charge is 2.24. The van der Waals surface area contributed by atoms with E-state index in [1.807, 2.05) is 20.9 Å². The summed E-state index contributed by atoms with van der Waals surface area (Å²) < 4.78 is 23.5. The summed E-state index contributed by atoms with van der Waals surface area (Å²) in [5, 5.41) is 3.18. The Morgan fingerprint density at radius 3 is 2.68 bits per heavy atom. The number of nitrogens with one attached hydrogen (secondary N) is 1. The van der Waals surface area contributed by atoms with Crippen molar-refractivity contribution in [2.45, 2.75) is 39.2 Å². The molecule has 0 bridgehead atoms. The lowest BCUT2D eigenvalue weighted by molar-refractivity contribution is -0.132. The van der Waals surface area contributed by atoms with Crippen LogP contribution in [0, 0.1) is 5.92 Å². The molecule has 1 fully saturated rings. The Labute approximate surface area is 116 Å². The van der Waals surface area contributed by atoms with Crippen molar-refractivity contribution < 1.29 is 13.2 Å². The second-order valence-corrected chi connectivity index (χ2v) is 7.95. The van der Waals surface area contributed by atoms with E-state index < -0.39 is 9.84 Å². The topological polar surface area (TPSA) is 66.5 Å². The van der Waals surface area contributed by atoms with Crippen LogP contribution < -0.4 is 5.32 Å². The van der Waals surface area contributed by atoms with Crippen LogP contribution in [0.5, 0.6) is 0 Å². The maximum absolute atomic E-state index is 12.0. The molecule has 1 aliphatic rings. The lowest BCUT2D eigenvalue weighted by Gasteiger charge is -2.32. The number of likely N-dealkylation sites (N-methyl/N-ethyl adjacent to an activating group) is 1. The van der Waals surface area contributed by atoms with Gasteiger partial charge in [-0.05, 0) is 25.8 Å². The first-order valence-electron chi connectivity index (χ1n) is 6.99. The zero-order chi connectivity index (χ0) is 14.5. The first-order chi connectivity index (χ1) is 8.84. The predicted octanol–water partition coefficient (Wildman–Crippen LogP) is 0.658. The molecule has 1 atom stereocenters. The number of rotatable bonds is 6. The van der Waals surface area contributed by atoms with E-state index in [1.54, 1.807) is 4.90 Å². The fourth-order valence-electron chi connectivity index (χ4n) is 2.43. The Hall–Kier alpha value is -0.620. The van der Waals surface area contributed by atoms with Crippen LogP contribution in [-0.4, -0.2) is 56.9 Å². The number of hydrogen-bond donors (Lipinski definition) is 1. The van der Waals surface area contributed by atoms with Gasteiger partial charge in [-0.15, -0.1) is 0 Å². The summed E-state index contributed by atoms with van der Waals surface area (Å²) in [6, 6.07) is 0.338. The molecule has 0 aliphatic carbocycles. The van der Waals surface area contributed by atoms with Crippen LogP contribution in [0.15, 0.2) is 0 Å². The average molecular weight is 290 g/mol. The molecule has 6 heteroatoms. The van der Waals surface area contributed by atoms with Crippen molar-refractivity contribution in [2.24, 2.45) is 5.92 Å². The molecule has 1 unspecified atom stereocenters. The number of sulfone groups is 1. The minimum Gasteiger partial charge on any atom is -0.341 e. The highest BCUT2D eigenvalue weighted by Crippen LogP contribution is 2.12. The molecule has 19 heavy (non-hydrogen) atoms. The fourth-order valence-corrected chi connectivity index (χ4v) is 4.10. The van der Waals surface area contributed by atoms with E-state index >= 15 is 0 Å². The number of hydrogen-bond acceptors (Lipinski definition) is 4. The van der Waals surface area contributed by atoms with Crippen LogP contribution in [0.3, 0.4) is 0 Å². The van der Waals surface area contributed by atoms with Gasteiger partial charge < -0.3 is 10.2 Å². The van der Waals surface area contributed by atoms with E-state index in [2.05, 4.69) is 5.32 Å². The highest BCUT2D eigenvalue weighted by molar-refractivity contribution is 7.91. The molecule has 0 aromatic rings. The maximum Gasteiger partial charge on any atom is 0.223 e. The Balaban J connectivity index is 2.42. The van der Waals surface area contributed by atoms with Gasteiger partial charge in [0.1, 0.15) is 0 Å². The van der Waals surface area contributed by atoms with Gasteiger partial charge in [-0.3, -0.25) is 4.79 Å². The Bertz CT molecular complexity index is 393. The maximum atomic E-state index is 12.0. The van der Waals surface area contributed by atoms with Crippen LogP contribution >= 0.6 is 0 Å². The minimum atomic E-state index is -3.10. The van der Waals surface area contributed by atoms with Gasteiger partial charge in [-0.25, -0.2) is 8.42 Å². The highest BCUT2D eigenvalue weighted by atomic mass is 32.2. The molecular formula is C13H26N2O3S. The normalized spacial score (nSPS) is 20.8. The number of carbonyl (C=O) groups is 1. The molecule has 5 nitrogen and oxygen atoms in total. The molecule has 0 aromatic carbocycles. The first-order valence-corrected chi connectivity index (χ1v) is 8.81. The van der Waals surface area contributed by atoms with E-state index in [1.165, 1.54) is 0 Å². The number of amides is 1. The van der Waals surface area contributed by atoms with Crippen LogP contribution in [0.25, 0.3) is 0 Å². The monoisotopic (exact) mass is 290 g/mol. The Kier molecular flexibility index (Phi) is 6.26. The summed E-state index contributed by atoms with van der Waals surface area (Å²) in [7, 11) is -1.20. The van der Waals surface area contributed by atoms with Gasteiger partial charge in [-0.2, -0.15) is 0 Å². The standard InChI is InChI=1S/C13H26N2O3S/c1-11(2)10-19(17,18)8-6-13(16)15-7-4-5-12(9-15)14-3/h11-12,14H,4-10H2,1-3H3. The molecule has 112 valence electrons. The Morgan fingerprint density at radius 2 is 2.11 bits per heavy atom. The molecule has 1 rings (SSSR count). The van der Waals surface area contributed by atoms with Gasteiger partial charge >= 0.3 is 0 Å². The van der Waals surface area contributed by atoms with E-state index in [4.69, 9.17) is 0 Å². The van der Waals surface area contributed by atoms with Crippen molar-refractivity contribution >= 4 is 15.7 Å². The van der Waals surface area contributed by atoms with Gasteiger partial charge in [0.15, 0.2) is 9.84 Å². The lowest BCUT2D eigenvalue weighted by atomic mass is 10.1. The van der Waals surface area contributed by atoms with Gasteiger partial charge in [-0.1, -0.05) is 13.8 Å². The zero-order valence-corrected chi connectivity index (χ0v) is 13.0. The van der Waals surface area contributed by atoms with Crippen molar-refractivity contribution in [1.82, 2.24) is 10.2 Å². The molecule has 1 saturated heterocycles. The SMILES string of the molecule is CNC1CCCN(C(=O)CCS(=O)(=O)CC(C)C)C1. The first kappa shape index (κ1) is 16.4. The van der Waals surface area contributed by atoms with E-state index in [0.717, 1.165) is 19.4 Å². The second-order valence-electron chi connectivity index (χ2n) is 5.73. The number of likely N-dealkylation sites (tertiary alicyclic amines) is 1. The largest absolute Gasteiger partial charge is 0.341 e. The van der Waals surface area contributed by atoms with Gasteiger partial charge in [0.05, 0.1) is 11.5 Å². The van der Waals surface area contributed by atoms with Gasteiger partial charge in [0, 0.05) is 25.6 Å². The van der Waals surface area contributed by atoms with Crippen LogP contribution in [0.2, 0.25) is 0 Å². The predicted molar refractivity (Wildman–Crippen MR) is 76.8 cm³/mol. The summed E-state index contributed by atoms with van der Waals surface area (Å²) in [6.07, 6.45) is 2.17. The Morgan fingerprint density at radius 1 is 1.42 bits per heavy atom. The number of carbonyl (C=O) groups excluding carboxylic acids is 1. The summed E-state index contributed by atoms with van der Waals surface area (Å²) in [5.41, 5.74) is 0. The molecule has 0 spiro atoms. The van der Waals surface area contributed by atoms with Crippen LogP contribution in [-0.2, 0) is 14.6 Å². The second kappa shape index (κ2) is 7.24. The quantitative estimate of drug-likeness (QED) is 0.780. The summed E-state index contributed by atoms with van der Waals surface area (Å²) in [5.74, 6) is 0.223. The summed E-state index contributed by atoms with van der Waals surface area (Å²) >= 11 is 0. The lowest BCUT2D eigenvalue weighted by Crippen LogP contribution is -2.47. The molecular weight excluding hydrogens is 264 g/mol. The van der Waals surface area contributed by atoms with Crippen LogP contribution in [0.1, 0.15) is 33.1 Å². The van der Waals surface area contributed by atoms with E-state index in [-0.39, 0.29) is 29.8 Å². The molecule has 1 aliphatic heterocycles. The van der Waals surface area contributed by atoms with Crippen molar-refractivity contribution in [2.75, 3.05) is 31.6 Å². The molecule has 1 N–H and O–H groups in total. The van der Waals surface area contributed by atoms with Gasteiger partial charge in [0.25, 0.3) is 0 Å². The average Bonchev–Trinajstić information content (AvgIpc) is 2.34. The molecule has 1 heterocycles. The molecule has 0 radical (unpaired) electrons. The summed E-state index contributed by atoms with van der Waals surface area (Å²) in [6.45, 7) is 5.20. The third kappa shape index (κ3) is 5.91. The molecule has 0 aromatic heterocycles. The molecule has 0 saturated carbocycles. The third-order valence-electron chi connectivity index (χ3n) is 3.40. The van der Waals surface area contributed by atoms with Crippen LogP contribution in [0.4, 0.5) is 0 Å². The van der Waals surface area contributed by atoms with Gasteiger partial charge in [0.2, 0.25) is 5.91 Å². The third-order valence-corrected chi connectivity index (χ3v) is 5.40.